The summed E-state index contributed by atoms with van der Waals surface area (Å²) in [5, 5.41) is 0. The van der Waals surface area contributed by atoms with Crippen LogP contribution in [-0.4, -0.2) is 24.5 Å². The Morgan fingerprint density at radius 2 is 1.93 bits per heavy atom. The molecule has 7 heteroatoms. The number of carbonyl (C=O) groups excluding carboxylic acids is 2. The van der Waals surface area contributed by atoms with E-state index in [-0.39, 0.29) is 17.5 Å². The molecule has 1 atom stereocenters. The minimum absolute atomic E-state index is 0.0377. The van der Waals surface area contributed by atoms with Crippen molar-refractivity contribution in [3.8, 4) is 0 Å². The zero-order chi connectivity index (χ0) is 20.3. The molecule has 1 aliphatic rings. The van der Waals surface area contributed by atoms with E-state index >= 15 is 0 Å². The van der Waals surface area contributed by atoms with Crippen LogP contribution in [0.25, 0.3) is 6.08 Å². The number of hydrogen-bond donors (Lipinski definition) is 0. The molecule has 0 fully saturated rings. The number of para-hydroxylation sites is 1. The van der Waals surface area contributed by atoms with E-state index in [4.69, 9.17) is 4.74 Å². The van der Waals surface area contributed by atoms with Crippen molar-refractivity contribution in [3.05, 3.63) is 71.3 Å². The highest BCUT2D eigenvalue weighted by molar-refractivity contribution is 5.98. The van der Waals surface area contributed by atoms with Gasteiger partial charge in [-0.25, -0.2) is 4.79 Å². The molecule has 146 valence electrons. The highest BCUT2D eigenvalue weighted by Gasteiger charge is 2.31. The normalized spacial score (nSPS) is 16.3. The molecule has 0 N–H and O–H groups in total. The summed E-state index contributed by atoms with van der Waals surface area (Å²) in [6.07, 6.45) is -1.51. The Labute approximate surface area is 160 Å². The van der Waals surface area contributed by atoms with Crippen LogP contribution in [0.15, 0.2) is 54.6 Å². The quantitative estimate of drug-likeness (QED) is 0.581. The first-order valence-electron chi connectivity index (χ1n) is 8.68. The lowest BCUT2D eigenvalue weighted by Gasteiger charge is -2.22. The monoisotopic (exact) mass is 389 g/mol. The van der Waals surface area contributed by atoms with Gasteiger partial charge in [0.05, 0.1) is 5.56 Å². The molecule has 0 bridgehead atoms. The Bertz CT molecular complexity index is 921. The molecule has 3 rings (SSSR count). The molecule has 0 spiro atoms. The van der Waals surface area contributed by atoms with E-state index in [9.17, 15) is 22.8 Å². The fraction of sp³-hybridized carbons (Fsp3) is 0.238. The molecule has 1 heterocycles. The first-order valence-corrected chi connectivity index (χ1v) is 8.68. The Hall–Kier alpha value is -3.09. The van der Waals surface area contributed by atoms with E-state index in [0.717, 1.165) is 35.9 Å². The van der Waals surface area contributed by atoms with Gasteiger partial charge in [0.2, 0.25) is 0 Å². The molecule has 28 heavy (non-hydrogen) atoms. The van der Waals surface area contributed by atoms with Crippen LogP contribution in [0.5, 0.6) is 0 Å². The van der Waals surface area contributed by atoms with E-state index in [2.05, 4.69) is 0 Å². The number of anilines is 1. The van der Waals surface area contributed by atoms with Crippen LogP contribution in [0.2, 0.25) is 0 Å². The molecule has 0 aromatic heterocycles. The number of ether oxygens (including phenoxy) is 1. The second kappa shape index (κ2) is 7.88. The van der Waals surface area contributed by atoms with E-state index in [1.807, 2.05) is 31.2 Å². The number of halogens is 3. The van der Waals surface area contributed by atoms with Gasteiger partial charge < -0.3 is 9.64 Å². The number of rotatable bonds is 4. The standard InChI is InChI=1S/C21H18F3NO3/c1-14-11-16-6-2-3-8-18(16)25(14)19(26)13-28-20(27)10-9-15-5-4-7-17(12-15)21(22,23)24/h2-10,12,14H,11,13H2,1H3. The first-order chi connectivity index (χ1) is 13.3. The maximum Gasteiger partial charge on any atom is 0.416 e. The summed E-state index contributed by atoms with van der Waals surface area (Å²) >= 11 is 0. The van der Waals surface area contributed by atoms with E-state index < -0.39 is 24.3 Å². The van der Waals surface area contributed by atoms with Crippen LogP contribution in [0.1, 0.15) is 23.6 Å². The van der Waals surface area contributed by atoms with Gasteiger partial charge >= 0.3 is 12.1 Å². The largest absolute Gasteiger partial charge is 0.452 e. The number of carbonyl (C=O) groups is 2. The van der Waals surface area contributed by atoms with Crippen LogP contribution in [0.3, 0.4) is 0 Å². The van der Waals surface area contributed by atoms with Crippen LogP contribution in [0, 0.1) is 0 Å². The molecular formula is C21H18F3NO3. The van der Waals surface area contributed by atoms with E-state index in [0.29, 0.717) is 0 Å². The summed E-state index contributed by atoms with van der Waals surface area (Å²) in [5.74, 6) is -1.15. The van der Waals surface area contributed by atoms with Gasteiger partial charge in [-0.05, 0) is 48.7 Å². The van der Waals surface area contributed by atoms with Crippen molar-refractivity contribution < 1.29 is 27.5 Å². The molecule has 0 aliphatic carbocycles. The summed E-state index contributed by atoms with van der Waals surface area (Å²) in [4.78, 5) is 25.9. The van der Waals surface area contributed by atoms with Crippen molar-refractivity contribution >= 4 is 23.6 Å². The highest BCUT2D eigenvalue weighted by Crippen LogP contribution is 2.32. The van der Waals surface area contributed by atoms with Crippen molar-refractivity contribution in [2.45, 2.75) is 25.6 Å². The van der Waals surface area contributed by atoms with Crippen molar-refractivity contribution in [1.82, 2.24) is 0 Å². The van der Waals surface area contributed by atoms with Gasteiger partial charge in [0.25, 0.3) is 5.91 Å². The summed E-state index contributed by atoms with van der Waals surface area (Å²) in [6, 6.07) is 12.1. The molecule has 2 aromatic rings. The fourth-order valence-corrected chi connectivity index (χ4v) is 3.18. The van der Waals surface area contributed by atoms with Gasteiger partial charge in [0, 0.05) is 17.8 Å². The number of hydrogen-bond acceptors (Lipinski definition) is 3. The van der Waals surface area contributed by atoms with Gasteiger partial charge in [-0.2, -0.15) is 13.2 Å². The molecule has 0 radical (unpaired) electrons. The van der Waals surface area contributed by atoms with Crippen molar-refractivity contribution in [3.63, 3.8) is 0 Å². The third-order valence-corrected chi connectivity index (χ3v) is 4.44. The second-order valence-electron chi connectivity index (χ2n) is 6.51. The van der Waals surface area contributed by atoms with E-state index in [1.165, 1.54) is 18.2 Å². The molecule has 1 amide bonds. The SMILES string of the molecule is CC1Cc2ccccc2N1C(=O)COC(=O)C=Cc1cccc(C(F)(F)F)c1. The predicted octanol–water partition coefficient (Wildman–Crippen LogP) is 4.24. The zero-order valence-corrected chi connectivity index (χ0v) is 15.1. The van der Waals surface area contributed by atoms with Gasteiger partial charge in [-0.3, -0.25) is 4.79 Å². The summed E-state index contributed by atoms with van der Waals surface area (Å²) < 4.78 is 43.1. The lowest BCUT2D eigenvalue weighted by atomic mass is 10.1. The van der Waals surface area contributed by atoms with Gasteiger partial charge in [-0.15, -0.1) is 0 Å². The molecule has 2 aromatic carbocycles. The summed E-state index contributed by atoms with van der Waals surface area (Å²) in [7, 11) is 0. The molecule has 1 aliphatic heterocycles. The van der Waals surface area contributed by atoms with Gasteiger partial charge in [0.1, 0.15) is 0 Å². The Balaban J connectivity index is 1.59. The first kappa shape index (κ1) is 19.7. The third-order valence-electron chi connectivity index (χ3n) is 4.44. The smallest absolute Gasteiger partial charge is 0.416 e. The minimum atomic E-state index is -4.46. The van der Waals surface area contributed by atoms with Gasteiger partial charge in [-0.1, -0.05) is 30.3 Å². The number of alkyl halides is 3. The topological polar surface area (TPSA) is 46.6 Å². The van der Waals surface area contributed by atoms with E-state index in [1.54, 1.807) is 4.90 Å². The maximum atomic E-state index is 12.7. The fourth-order valence-electron chi connectivity index (χ4n) is 3.18. The lowest BCUT2D eigenvalue weighted by Crippen LogP contribution is -2.38. The number of fused-ring (bicyclic) bond motifs is 1. The number of benzene rings is 2. The second-order valence-corrected chi connectivity index (χ2v) is 6.51. The number of amides is 1. The maximum absolute atomic E-state index is 12.7. The molecule has 1 unspecified atom stereocenters. The molecule has 0 saturated heterocycles. The average Bonchev–Trinajstić information content (AvgIpc) is 2.99. The number of esters is 1. The minimum Gasteiger partial charge on any atom is -0.452 e. The zero-order valence-electron chi connectivity index (χ0n) is 15.1. The Morgan fingerprint density at radius 1 is 1.18 bits per heavy atom. The van der Waals surface area contributed by atoms with Crippen LogP contribution in [0.4, 0.5) is 18.9 Å². The van der Waals surface area contributed by atoms with Crippen molar-refractivity contribution in [1.29, 1.82) is 0 Å². The summed E-state index contributed by atoms with van der Waals surface area (Å²) in [5.41, 5.74) is 1.26. The predicted molar refractivity (Wildman–Crippen MR) is 98.5 cm³/mol. The average molecular weight is 389 g/mol. The Morgan fingerprint density at radius 3 is 2.68 bits per heavy atom. The molecular weight excluding hydrogens is 371 g/mol. The van der Waals surface area contributed by atoms with Crippen LogP contribution < -0.4 is 4.90 Å². The van der Waals surface area contributed by atoms with Crippen molar-refractivity contribution in [2.75, 3.05) is 11.5 Å². The lowest BCUT2D eigenvalue weighted by molar-refractivity contribution is -0.143. The summed E-state index contributed by atoms with van der Waals surface area (Å²) in [6.45, 7) is 1.47. The third kappa shape index (κ3) is 4.42. The van der Waals surface area contributed by atoms with Gasteiger partial charge in [0.15, 0.2) is 6.61 Å². The van der Waals surface area contributed by atoms with Crippen LogP contribution in [-0.2, 0) is 26.9 Å². The van der Waals surface area contributed by atoms with Crippen LogP contribution >= 0.6 is 0 Å². The number of nitrogens with zero attached hydrogens (tertiary/aromatic N) is 1. The molecule has 4 nitrogen and oxygen atoms in total. The highest BCUT2D eigenvalue weighted by atomic mass is 19.4. The molecule has 0 saturated carbocycles. The Kier molecular flexibility index (Phi) is 5.53. The van der Waals surface area contributed by atoms with Crippen molar-refractivity contribution in [2.24, 2.45) is 0 Å².